The maximum atomic E-state index is 10.7. The molecule has 0 aromatic carbocycles. The van der Waals surface area contributed by atoms with Crippen molar-refractivity contribution in [2.24, 2.45) is 5.92 Å². The maximum Gasteiger partial charge on any atom is 0.306 e. The number of rotatable bonds is 1. The van der Waals surface area contributed by atoms with E-state index in [9.17, 15) is 9.59 Å². The van der Waals surface area contributed by atoms with Gasteiger partial charge in [0.15, 0.2) is 0 Å². The number of nitrogens with zero attached hydrogens (tertiary/aromatic N) is 1. The minimum absolute atomic E-state index is 0.209. The van der Waals surface area contributed by atoms with Crippen LogP contribution in [0.1, 0.15) is 12.8 Å². The highest BCUT2D eigenvalue weighted by molar-refractivity contribution is 5.80. The molecule has 0 spiro atoms. The van der Waals surface area contributed by atoms with E-state index in [4.69, 9.17) is 5.11 Å². The fraction of sp³-hybridized carbons (Fsp3) is 0.625. The highest BCUT2D eigenvalue weighted by atomic mass is 16.4. The van der Waals surface area contributed by atoms with Crippen molar-refractivity contribution in [2.75, 3.05) is 13.1 Å². The Balaban J connectivity index is 2.39. The monoisotopic (exact) mass is 170 g/mol. The molecular formula is C8H12NO3. The first kappa shape index (κ1) is 9.03. The molecule has 4 heteroatoms. The van der Waals surface area contributed by atoms with Gasteiger partial charge in [0.2, 0.25) is 5.91 Å². The predicted octanol–water partition coefficient (Wildman–Crippen LogP) is 0.144. The van der Waals surface area contributed by atoms with Gasteiger partial charge in [0, 0.05) is 20.0 Å². The van der Waals surface area contributed by atoms with E-state index in [0.717, 1.165) is 0 Å². The summed E-state index contributed by atoms with van der Waals surface area (Å²) in [6.45, 7) is 4.33. The number of aliphatic carboxylic acids is 1. The highest BCUT2D eigenvalue weighted by Gasteiger charge is 2.25. The van der Waals surface area contributed by atoms with Crippen LogP contribution in [0, 0.1) is 12.8 Å². The Morgan fingerprint density at radius 1 is 1.33 bits per heavy atom. The first-order valence-electron chi connectivity index (χ1n) is 3.95. The van der Waals surface area contributed by atoms with Gasteiger partial charge in [0.1, 0.15) is 0 Å². The van der Waals surface area contributed by atoms with Crippen LogP contribution in [-0.4, -0.2) is 35.0 Å². The van der Waals surface area contributed by atoms with Gasteiger partial charge in [-0.2, -0.15) is 0 Å². The second kappa shape index (κ2) is 3.56. The van der Waals surface area contributed by atoms with Crippen LogP contribution in [0.5, 0.6) is 0 Å². The van der Waals surface area contributed by atoms with Gasteiger partial charge < -0.3 is 10.0 Å². The molecule has 1 aliphatic rings. The predicted molar refractivity (Wildman–Crippen MR) is 42.3 cm³/mol. The number of likely N-dealkylation sites (tertiary alicyclic amines) is 1. The molecule has 1 heterocycles. The zero-order chi connectivity index (χ0) is 9.14. The summed E-state index contributed by atoms with van der Waals surface area (Å²) in [7, 11) is 0. The highest BCUT2D eigenvalue weighted by Crippen LogP contribution is 2.16. The summed E-state index contributed by atoms with van der Waals surface area (Å²) in [5, 5.41) is 8.64. The zero-order valence-corrected chi connectivity index (χ0v) is 6.82. The van der Waals surface area contributed by atoms with Gasteiger partial charge in [-0.3, -0.25) is 9.59 Å². The molecule has 0 atom stereocenters. The van der Waals surface area contributed by atoms with Gasteiger partial charge in [-0.25, -0.2) is 0 Å². The fourth-order valence-corrected chi connectivity index (χ4v) is 1.38. The van der Waals surface area contributed by atoms with Gasteiger partial charge in [-0.1, -0.05) is 0 Å². The lowest BCUT2D eigenvalue weighted by Crippen LogP contribution is -2.39. The molecule has 0 bridgehead atoms. The first-order chi connectivity index (χ1) is 5.61. The molecule has 0 saturated carbocycles. The average molecular weight is 170 g/mol. The van der Waals surface area contributed by atoms with Gasteiger partial charge in [0.05, 0.1) is 5.92 Å². The lowest BCUT2D eigenvalue weighted by Gasteiger charge is -2.28. The van der Waals surface area contributed by atoms with Crippen molar-refractivity contribution >= 4 is 11.9 Å². The van der Waals surface area contributed by atoms with E-state index in [0.29, 0.717) is 25.9 Å². The van der Waals surface area contributed by atoms with Crippen LogP contribution in [0.15, 0.2) is 0 Å². The Hall–Kier alpha value is -1.06. The van der Waals surface area contributed by atoms with Crippen LogP contribution >= 0.6 is 0 Å². The number of hydrogen-bond acceptors (Lipinski definition) is 2. The summed E-state index contributed by atoms with van der Waals surface area (Å²) in [4.78, 5) is 22.8. The van der Waals surface area contributed by atoms with Crippen LogP contribution in [0.4, 0.5) is 0 Å². The molecule has 12 heavy (non-hydrogen) atoms. The van der Waals surface area contributed by atoms with E-state index in [1.165, 1.54) is 0 Å². The molecule has 1 fully saturated rings. The van der Waals surface area contributed by atoms with E-state index in [2.05, 4.69) is 6.92 Å². The Morgan fingerprint density at radius 2 is 1.83 bits per heavy atom. The SMILES string of the molecule is [CH2]C(=O)N1CCC(C(=O)O)CC1. The second-order valence-corrected chi connectivity index (χ2v) is 2.99. The summed E-state index contributed by atoms with van der Waals surface area (Å²) in [6.07, 6.45) is 1.10. The van der Waals surface area contributed by atoms with Crippen molar-refractivity contribution < 1.29 is 14.7 Å². The number of carboxylic acids is 1. The third kappa shape index (κ3) is 1.96. The van der Waals surface area contributed by atoms with E-state index >= 15 is 0 Å². The molecule has 1 aliphatic heterocycles. The van der Waals surface area contributed by atoms with E-state index in [1.54, 1.807) is 4.90 Å². The average Bonchev–Trinajstić information content (AvgIpc) is 2.04. The standard InChI is InChI=1S/C8H12NO3/c1-6(10)9-4-2-7(3-5-9)8(11)12/h7H,1-5H2,(H,11,12). The molecule has 1 rings (SSSR count). The molecule has 0 aliphatic carbocycles. The summed E-state index contributed by atoms with van der Waals surface area (Å²) in [5.74, 6) is -1.24. The summed E-state index contributed by atoms with van der Waals surface area (Å²) < 4.78 is 0. The minimum Gasteiger partial charge on any atom is -0.481 e. The summed E-state index contributed by atoms with van der Waals surface area (Å²) >= 11 is 0. The Bertz CT molecular complexity index is 172. The Morgan fingerprint density at radius 3 is 2.17 bits per heavy atom. The number of carboxylic acid groups (broad SMARTS) is 1. The first-order valence-corrected chi connectivity index (χ1v) is 3.95. The van der Waals surface area contributed by atoms with Crippen LogP contribution in [0.25, 0.3) is 0 Å². The number of piperidine rings is 1. The van der Waals surface area contributed by atoms with Gasteiger partial charge in [-0.15, -0.1) is 0 Å². The lowest BCUT2D eigenvalue weighted by atomic mass is 9.97. The third-order valence-electron chi connectivity index (χ3n) is 2.20. The summed E-state index contributed by atoms with van der Waals surface area (Å²) in [6, 6.07) is 0. The summed E-state index contributed by atoms with van der Waals surface area (Å²) in [5.41, 5.74) is 0. The van der Waals surface area contributed by atoms with Crippen molar-refractivity contribution in [3.63, 3.8) is 0 Å². The number of carbonyl (C=O) groups excluding carboxylic acids is 1. The number of amides is 1. The molecule has 1 saturated heterocycles. The Labute approximate surface area is 71.2 Å². The molecule has 1 amide bonds. The minimum atomic E-state index is -0.758. The lowest BCUT2D eigenvalue weighted by molar-refractivity contribution is -0.144. The number of hydrogen-bond donors (Lipinski definition) is 1. The van der Waals surface area contributed by atoms with Gasteiger partial charge in [0.25, 0.3) is 0 Å². The molecular weight excluding hydrogens is 158 g/mol. The molecule has 0 aromatic heterocycles. The van der Waals surface area contributed by atoms with Crippen molar-refractivity contribution in [3.8, 4) is 0 Å². The quantitative estimate of drug-likeness (QED) is 0.609. The zero-order valence-electron chi connectivity index (χ0n) is 6.82. The fourth-order valence-electron chi connectivity index (χ4n) is 1.38. The van der Waals surface area contributed by atoms with E-state index in [-0.39, 0.29) is 11.8 Å². The molecule has 4 nitrogen and oxygen atoms in total. The van der Waals surface area contributed by atoms with Crippen molar-refractivity contribution in [2.45, 2.75) is 12.8 Å². The van der Waals surface area contributed by atoms with Gasteiger partial charge in [-0.05, 0) is 12.8 Å². The van der Waals surface area contributed by atoms with E-state index in [1.807, 2.05) is 0 Å². The van der Waals surface area contributed by atoms with Crippen LogP contribution in [0.3, 0.4) is 0 Å². The molecule has 0 aromatic rings. The smallest absolute Gasteiger partial charge is 0.306 e. The molecule has 1 radical (unpaired) electrons. The van der Waals surface area contributed by atoms with Crippen LogP contribution in [-0.2, 0) is 9.59 Å². The molecule has 1 N–H and O–H groups in total. The van der Waals surface area contributed by atoms with Gasteiger partial charge >= 0.3 is 5.97 Å². The molecule has 67 valence electrons. The largest absolute Gasteiger partial charge is 0.481 e. The second-order valence-electron chi connectivity index (χ2n) is 2.99. The van der Waals surface area contributed by atoms with E-state index < -0.39 is 5.97 Å². The van der Waals surface area contributed by atoms with Crippen molar-refractivity contribution in [3.05, 3.63) is 6.92 Å². The van der Waals surface area contributed by atoms with Crippen molar-refractivity contribution in [1.29, 1.82) is 0 Å². The topological polar surface area (TPSA) is 57.6 Å². The molecule has 0 unspecified atom stereocenters. The van der Waals surface area contributed by atoms with Crippen molar-refractivity contribution in [1.82, 2.24) is 4.90 Å². The van der Waals surface area contributed by atoms with Crippen LogP contribution < -0.4 is 0 Å². The normalized spacial score (nSPS) is 19.2. The van der Waals surface area contributed by atoms with Crippen LogP contribution in [0.2, 0.25) is 0 Å². The Kier molecular flexibility index (Phi) is 2.68. The number of carbonyl (C=O) groups is 2. The third-order valence-corrected chi connectivity index (χ3v) is 2.20. The maximum absolute atomic E-state index is 10.7.